The molecule has 0 spiro atoms. The number of aliphatic carboxylic acids is 4. The molecule has 120 valence electrons. The zero-order chi connectivity index (χ0) is 16.8. The average Bonchev–Trinajstić information content (AvgIpc) is 2.22. The fraction of sp³-hybridized carbons (Fsp3) is 0.600. The summed E-state index contributed by atoms with van der Waals surface area (Å²) in [5.41, 5.74) is 6.97. The third-order valence-electron chi connectivity index (χ3n) is 2.81. The summed E-state index contributed by atoms with van der Waals surface area (Å²) in [6, 6.07) is 0. The number of nitrogens with one attached hydrogen (secondary N) is 1. The number of carboxylic acids is 4. The van der Waals surface area contributed by atoms with Crippen molar-refractivity contribution in [3.8, 4) is 0 Å². The first-order valence-electron chi connectivity index (χ1n) is 5.62. The lowest BCUT2D eigenvalue weighted by Crippen LogP contribution is -2.75. The maximum Gasteiger partial charge on any atom is 0.317 e. The topological polar surface area (TPSA) is 213 Å². The molecule has 0 bridgehead atoms. The Hall–Kier alpha value is -2.24. The molecule has 0 saturated heterocycles. The van der Waals surface area contributed by atoms with Crippen LogP contribution >= 0.6 is 0 Å². The van der Waals surface area contributed by atoms with Gasteiger partial charge in [0, 0.05) is 0 Å². The molecule has 11 heteroatoms. The quantitative estimate of drug-likeness (QED) is 0.208. The minimum absolute atomic E-state index is 0.817. The first-order valence-corrected chi connectivity index (χ1v) is 5.62. The van der Waals surface area contributed by atoms with Gasteiger partial charge in [-0.05, 0) is 0 Å². The molecule has 0 saturated carbocycles. The Balaban J connectivity index is 5.62. The second-order valence-corrected chi connectivity index (χ2v) is 4.59. The maximum atomic E-state index is 10.9. The largest absolute Gasteiger partial charge is 0.481 e. The van der Waals surface area contributed by atoms with E-state index in [2.05, 4.69) is 5.32 Å². The molecule has 0 radical (unpaired) electrons. The van der Waals surface area contributed by atoms with Gasteiger partial charge in [0.25, 0.3) is 0 Å². The molecular formula is C10H17N3O8. The lowest BCUT2D eigenvalue weighted by atomic mass is 9.77. The predicted octanol–water partition coefficient (Wildman–Crippen LogP) is -2.56. The second kappa shape index (κ2) is 6.97. The second-order valence-electron chi connectivity index (χ2n) is 4.59. The fourth-order valence-electron chi connectivity index (χ4n) is 1.80. The molecule has 21 heavy (non-hydrogen) atoms. The van der Waals surface area contributed by atoms with Gasteiger partial charge in [-0.25, -0.2) is 0 Å². The highest BCUT2D eigenvalue weighted by Gasteiger charge is 2.50. The molecule has 0 fully saturated rings. The number of carboxylic acid groups (broad SMARTS) is 4. The average molecular weight is 307 g/mol. The standard InChI is InChI=1S/C10H17N3O8/c11-9(1-5(14)15,2-6(16)17)10(12,3-7(18)19)13-4-8(20)21/h13H,1-4,11-12H2,(H,14,15)(H,16,17)(H,18,19)(H,20,21). The van der Waals surface area contributed by atoms with E-state index in [1.165, 1.54) is 0 Å². The molecule has 0 heterocycles. The molecule has 11 nitrogen and oxygen atoms in total. The SMILES string of the molecule is NC(CC(=O)O)(CC(=O)O)C(N)(CC(=O)O)NCC(=O)O. The molecule has 0 aromatic carbocycles. The van der Waals surface area contributed by atoms with Gasteiger partial charge in [-0.15, -0.1) is 0 Å². The van der Waals surface area contributed by atoms with Gasteiger partial charge >= 0.3 is 23.9 Å². The van der Waals surface area contributed by atoms with Crippen LogP contribution in [0.5, 0.6) is 0 Å². The number of hydrogen-bond acceptors (Lipinski definition) is 7. The number of rotatable bonds is 10. The Labute approximate surface area is 118 Å². The molecule has 9 N–H and O–H groups in total. The summed E-state index contributed by atoms with van der Waals surface area (Å²) in [7, 11) is 0. The van der Waals surface area contributed by atoms with E-state index in [1.807, 2.05) is 0 Å². The van der Waals surface area contributed by atoms with Gasteiger partial charge in [0.1, 0.15) is 0 Å². The van der Waals surface area contributed by atoms with Crippen LogP contribution in [0.25, 0.3) is 0 Å². The molecule has 1 atom stereocenters. The van der Waals surface area contributed by atoms with Crippen LogP contribution in [0.4, 0.5) is 0 Å². The highest BCUT2D eigenvalue weighted by atomic mass is 16.4. The molecule has 0 aromatic heterocycles. The summed E-state index contributed by atoms with van der Waals surface area (Å²) < 4.78 is 0. The van der Waals surface area contributed by atoms with Crippen LogP contribution in [0.15, 0.2) is 0 Å². The van der Waals surface area contributed by atoms with Crippen molar-refractivity contribution < 1.29 is 39.6 Å². The van der Waals surface area contributed by atoms with Crippen molar-refractivity contribution in [3.63, 3.8) is 0 Å². The number of hydrogen-bond donors (Lipinski definition) is 7. The molecule has 0 amide bonds. The third kappa shape index (κ3) is 5.72. The third-order valence-corrected chi connectivity index (χ3v) is 2.81. The van der Waals surface area contributed by atoms with Crippen LogP contribution in [0, 0.1) is 0 Å². The Morgan fingerprint density at radius 1 is 0.762 bits per heavy atom. The first-order chi connectivity index (χ1) is 9.42. The van der Waals surface area contributed by atoms with Crippen LogP contribution < -0.4 is 16.8 Å². The van der Waals surface area contributed by atoms with Crippen molar-refractivity contribution in [1.29, 1.82) is 0 Å². The predicted molar refractivity (Wildman–Crippen MR) is 66.2 cm³/mol. The number of carbonyl (C=O) groups is 4. The highest BCUT2D eigenvalue weighted by molar-refractivity contribution is 5.76. The summed E-state index contributed by atoms with van der Waals surface area (Å²) in [5, 5.41) is 37.2. The van der Waals surface area contributed by atoms with Crippen molar-refractivity contribution in [3.05, 3.63) is 0 Å². The lowest BCUT2D eigenvalue weighted by Gasteiger charge is -2.44. The highest BCUT2D eigenvalue weighted by Crippen LogP contribution is 2.26. The minimum Gasteiger partial charge on any atom is -0.481 e. The summed E-state index contributed by atoms with van der Waals surface area (Å²) in [5.74, 6) is -5.91. The fourth-order valence-corrected chi connectivity index (χ4v) is 1.80. The van der Waals surface area contributed by atoms with Crippen LogP contribution in [0.3, 0.4) is 0 Å². The summed E-state index contributed by atoms with van der Waals surface area (Å²) in [6.45, 7) is -0.817. The first kappa shape index (κ1) is 18.8. The molecular weight excluding hydrogens is 290 g/mol. The van der Waals surface area contributed by atoms with Gasteiger partial charge in [-0.3, -0.25) is 24.5 Å². The lowest BCUT2D eigenvalue weighted by molar-refractivity contribution is -0.147. The summed E-state index contributed by atoms with van der Waals surface area (Å²) in [4.78, 5) is 43.1. The van der Waals surface area contributed by atoms with Gasteiger partial charge < -0.3 is 31.9 Å². The van der Waals surface area contributed by atoms with Crippen molar-refractivity contribution in [2.24, 2.45) is 11.5 Å². The molecule has 0 aliphatic heterocycles. The van der Waals surface area contributed by atoms with Gasteiger partial charge in [-0.2, -0.15) is 0 Å². The summed E-state index contributed by atoms with van der Waals surface area (Å²) >= 11 is 0. The van der Waals surface area contributed by atoms with Gasteiger partial charge in [0.15, 0.2) is 0 Å². The van der Waals surface area contributed by atoms with E-state index in [4.69, 9.17) is 31.9 Å². The number of nitrogens with two attached hydrogens (primary N) is 2. The Bertz CT molecular complexity index is 436. The molecule has 0 aliphatic carbocycles. The molecule has 0 rings (SSSR count). The van der Waals surface area contributed by atoms with E-state index in [0.29, 0.717) is 0 Å². The van der Waals surface area contributed by atoms with E-state index < -0.39 is 60.9 Å². The van der Waals surface area contributed by atoms with Crippen LogP contribution in [-0.4, -0.2) is 62.0 Å². The Kier molecular flexibility index (Phi) is 6.22. The van der Waals surface area contributed by atoms with Crippen molar-refractivity contribution in [1.82, 2.24) is 5.32 Å². The van der Waals surface area contributed by atoms with E-state index in [0.717, 1.165) is 0 Å². The van der Waals surface area contributed by atoms with E-state index in [-0.39, 0.29) is 0 Å². The minimum atomic E-state index is -2.24. The normalized spacial score (nSPS) is 14.2. The van der Waals surface area contributed by atoms with Gasteiger partial charge in [-0.1, -0.05) is 0 Å². The van der Waals surface area contributed by atoms with Crippen molar-refractivity contribution in [2.75, 3.05) is 6.54 Å². The monoisotopic (exact) mass is 307 g/mol. The van der Waals surface area contributed by atoms with Crippen LogP contribution in [-0.2, 0) is 19.2 Å². The van der Waals surface area contributed by atoms with Gasteiger partial charge in [0.05, 0.1) is 37.0 Å². The Morgan fingerprint density at radius 3 is 1.43 bits per heavy atom. The van der Waals surface area contributed by atoms with Crippen molar-refractivity contribution >= 4 is 23.9 Å². The van der Waals surface area contributed by atoms with Crippen LogP contribution in [0.2, 0.25) is 0 Å². The molecule has 0 aliphatic rings. The van der Waals surface area contributed by atoms with Gasteiger partial charge in [0.2, 0.25) is 0 Å². The molecule has 0 aromatic rings. The molecule has 1 unspecified atom stereocenters. The Morgan fingerprint density at radius 2 is 1.14 bits per heavy atom. The zero-order valence-corrected chi connectivity index (χ0v) is 10.9. The smallest absolute Gasteiger partial charge is 0.317 e. The zero-order valence-electron chi connectivity index (χ0n) is 10.9. The van der Waals surface area contributed by atoms with Crippen LogP contribution in [0.1, 0.15) is 19.3 Å². The van der Waals surface area contributed by atoms with Crippen molar-refractivity contribution in [2.45, 2.75) is 30.5 Å². The maximum absolute atomic E-state index is 10.9. The summed E-state index contributed by atoms with van der Waals surface area (Å²) in [6.07, 6.45) is -2.89. The van der Waals surface area contributed by atoms with E-state index in [9.17, 15) is 19.2 Å². The van der Waals surface area contributed by atoms with E-state index in [1.54, 1.807) is 0 Å². The van der Waals surface area contributed by atoms with E-state index >= 15 is 0 Å².